The minimum absolute atomic E-state index is 0.0550. The predicted octanol–water partition coefficient (Wildman–Crippen LogP) is 4.00. The normalized spacial score (nSPS) is 13.3. The molecular weight excluding hydrogens is 371 g/mol. The highest BCUT2D eigenvalue weighted by molar-refractivity contribution is 6.04. The van der Waals surface area contributed by atoms with Gasteiger partial charge in [-0.3, -0.25) is 9.59 Å². The lowest BCUT2D eigenvalue weighted by atomic mass is 10.1. The Hall–Kier alpha value is -3.67. The van der Waals surface area contributed by atoms with Crippen LogP contribution in [0.3, 0.4) is 0 Å². The van der Waals surface area contributed by atoms with Gasteiger partial charge >= 0.3 is 0 Å². The highest BCUT2D eigenvalue weighted by Gasteiger charge is 2.23. The van der Waals surface area contributed by atoms with Crippen LogP contribution in [0, 0.1) is 5.82 Å². The molecule has 0 fully saturated rings. The highest BCUT2D eigenvalue weighted by atomic mass is 19.1. The first-order valence-corrected chi connectivity index (χ1v) is 9.23. The van der Waals surface area contributed by atoms with E-state index in [9.17, 15) is 14.0 Å². The number of benzene rings is 3. The molecule has 3 aromatic rings. The second-order valence-electron chi connectivity index (χ2n) is 6.78. The summed E-state index contributed by atoms with van der Waals surface area (Å²) in [5.74, 6) is -0.486. The molecule has 0 bridgehead atoms. The number of carbonyl (C=O) groups is 2. The van der Waals surface area contributed by atoms with Crippen molar-refractivity contribution in [3.8, 4) is 5.75 Å². The Morgan fingerprint density at radius 2 is 1.79 bits per heavy atom. The Morgan fingerprint density at radius 3 is 2.59 bits per heavy atom. The molecule has 5 nitrogen and oxygen atoms in total. The molecule has 0 saturated heterocycles. The van der Waals surface area contributed by atoms with Crippen LogP contribution in [0.5, 0.6) is 5.75 Å². The van der Waals surface area contributed by atoms with E-state index in [0.29, 0.717) is 24.4 Å². The van der Waals surface area contributed by atoms with Crippen LogP contribution in [0.15, 0.2) is 72.8 Å². The largest absolute Gasteiger partial charge is 0.483 e. The maximum Gasteiger partial charge on any atom is 0.261 e. The van der Waals surface area contributed by atoms with E-state index in [1.165, 1.54) is 12.1 Å². The van der Waals surface area contributed by atoms with E-state index < -0.39 is 11.7 Å². The van der Waals surface area contributed by atoms with E-state index in [-0.39, 0.29) is 18.2 Å². The molecule has 0 aliphatic carbocycles. The summed E-state index contributed by atoms with van der Waals surface area (Å²) in [6.45, 7) is 0.721. The van der Waals surface area contributed by atoms with Crippen LogP contribution >= 0.6 is 0 Å². The van der Waals surface area contributed by atoms with E-state index in [2.05, 4.69) is 5.32 Å². The quantitative estimate of drug-likeness (QED) is 0.733. The first kappa shape index (κ1) is 18.7. The Balaban J connectivity index is 1.56. The Morgan fingerprint density at radius 1 is 1.03 bits per heavy atom. The van der Waals surface area contributed by atoms with Gasteiger partial charge in [0.25, 0.3) is 11.8 Å². The molecule has 146 valence electrons. The molecule has 1 heterocycles. The van der Waals surface area contributed by atoms with Crippen molar-refractivity contribution in [2.24, 2.45) is 0 Å². The van der Waals surface area contributed by atoms with E-state index in [1.54, 1.807) is 35.2 Å². The molecule has 0 unspecified atom stereocenters. The minimum atomic E-state index is -0.501. The van der Waals surface area contributed by atoms with Gasteiger partial charge in [0.1, 0.15) is 11.6 Å². The first-order chi connectivity index (χ1) is 14.1. The summed E-state index contributed by atoms with van der Waals surface area (Å²) in [5, 5.41) is 2.57. The number of fused-ring (bicyclic) bond motifs is 1. The zero-order chi connectivity index (χ0) is 20.2. The number of amides is 2. The van der Waals surface area contributed by atoms with Gasteiger partial charge in [0, 0.05) is 24.2 Å². The van der Waals surface area contributed by atoms with Gasteiger partial charge in [-0.15, -0.1) is 0 Å². The van der Waals surface area contributed by atoms with Crippen molar-refractivity contribution in [1.29, 1.82) is 0 Å². The minimum Gasteiger partial charge on any atom is -0.483 e. The number of para-hydroxylation sites is 1. The van der Waals surface area contributed by atoms with Gasteiger partial charge in [0.15, 0.2) is 6.61 Å². The van der Waals surface area contributed by atoms with E-state index in [0.717, 1.165) is 11.1 Å². The summed E-state index contributed by atoms with van der Waals surface area (Å²) in [6.07, 6.45) is 0. The molecule has 29 heavy (non-hydrogen) atoms. The third-order valence-corrected chi connectivity index (χ3v) is 4.73. The van der Waals surface area contributed by atoms with Gasteiger partial charge in [-0.1, -0.05) is 42.5 Å². The van der Waals surface area contributed by atoms with Gasteiger partial charge in [-0.25, -0.2) is 4.39 Å². The number of rotatable bonds is 4. The zero-order valence-electron chi connectivity index (χ0n) is 15.6. The molecule has 0 atom stereocenters. The number of anilines is 1. The number of ether oxygens (including phenoxy) is 1. The topological polar surface area (TPSA) is 58.6 Å². The van der Waals surface area contributed by atoms with Crippen molar-refractivity contribution in [3.63, 3.8) is 0 Å². The lowest BCUT2D eigenvalue weighted by Crippen LogP contribution is -2.31. The maximum absolute atomic E-state index is 13.8. The number of hydrogen-bond acceptors (Lipinski definition) is 3. The van der Waals surface area contributed by atoms with Crippen LogP contribution < -0.4 is 10.1 Å². The third-order valence-electron chi connectivity index (χ3n) is 4.73. The van der Waals surface area contributed by atoms with Crippen LogP contribution in [0.4, 0.5) is 10.1 Å². The molecule has 3 aromatic carbocycles. The molecule has 0 radical (unpaired) electrons. The van der Waals surface area contributed by atoms with Gasteiger partial charge in [0.05, 0.1) is 5.69 Å². The Kier molecular flexibility index (Phi) is 5.24. The van der Waals surface area contributed by atoms with Gasteiger partial charge in [-0.05, 0) is 35.9 Å². The summed E-state index contributed by atoms with van der Waals surface area (Å²) in [4.78, 5) is 26.7. The van der Waals surface area contributed by atoms with Crippen molar-refractivity contribution in [2.45, 2.75) is 13.1 Å². The van der Waals surface area contributed by atoms with Crippen molar-refractivity contribution < 1.29 is 18.7 Å². The van der Waals surface area contributed by atoms with Crippen LogP contribution in [-0.2, 0) is 17.9 Å². The molecule has 2 amide bonds. The fourth-order valence-corrected chi connectivity index (χ4v) is 3.21. The van der Waals surface area contributed by atoms with Crippen molar-refractivity contribution in [1.82, 2.24) is 4.90 Å². The van der Waals surface area contributed by atoms with Crippen LogP contribution in [0.25, 0.3) is 0 Å². The fourth-order valence-electron chi connectivity index (χ4n) is 3.21. The average molecular weight is 390 g/mol. The van der Waals surface area contributed by atoms with Crippen LogP contribution in [0.1, 0.15) is 21.5 Å². The molecule has 1 aliphatic heterocycles. The number of halogens is 1. The molecular formula is C23H19FN2O3. The SMILES string of the molecule is O=C(Nc1ccccc1F)c1ccc2c(c1)CN(Cc1ccccc1)C(=O)CO2. The summed E-state index contributed by atoms with van der Waals surface area (Å²) >= 11 is 0. The Labute approximate surface area is 167 Å². The van der Waals surface area contributed by atoms with Crippen molar-refractivity contribution in [3.05, 3.63) is 95.3 Å². The standard InChI is InChI=1S/C23H19FN2O3/c24-19-8-4-5-9-20(19)25-23(28)17-10-11-21-18(12-17)14-26(22(27)15-29-21)13-16-6-2-1-3-7-16/h1-12H,13-15H2,(H,25,28). The molecule has 4 rings (SSSR count). The molecule has 1 aliphatic rings. The zero-order valence-corrected chi connectivity index (χ0v) is 15.6. The lowest BCUT2D eigenvalue weighted by molar-refractivity contribution is -0.133. The summed E-state index contributed by atoms with van der Waals surface area (Å²) in [7, 11) is 0. The number of hydrogen-bond donors (Lipinski definition) is 1. The second-order valence-corrected chi connectivity index (χ2v) is 6.78. The predicted molar refractivity (Wildman–Crippen MR) is 107 cm³/mol. The van der Waals surface area contributed by atoms with Crippen molar-refractivity contribution in [2.75, 3.05) is 11.9 Å². The average Bonchev–Trinajstić information content (AvgIpc) is 2.89. The fraction of sp³-hybridized carbons (Fsp3) is 0.130. The Bertz CT molecular complexity index is 1050. The second kappa shape index (κ2) is 8.14. The molecule has 1 N–H and O–H groups in total. The monoisotopic (exact) mass is 390 g/mol. The third kappa shape index (κ3) is 4.27. The van der Waals surface area contributed by atoms with Gasteiger partial charge in [-0.2, -0.15) is 0 Å². The van der Waals surface area contributed by atoms with Crippen LogP contribution in [0.2, 0.25) is 0 Å². The smallest absolute Gasteiger partial charge is 0.261 e. The molecule has 0 saturated carbocycles. The number of nitrogens with zero attached hydrogens (tertiary/aromatic N) is 1. The van der Waals surface area contributed by atoms with Gasteiger partial charge < -0.3 is 15.0 Å². The van der Waals surface area contributed by atoms with Crippen molar-refractivity contribution >= 4 is 17.5 Å². The number of nitrogens with one attached hydrogen (secondary N) is 1. The molecule has 6 heteroatoms. The highest BCUT2D eigenvalue weighted by Crippen LogP contribution is 2.26. The molecule has 0 spiro atoms. The summed E-state index contributed by atoms with van der Waals surface area (Å²) < 4.78 is 19.4. The van der Waals surface area contributed by atoms with E-state index >= 15 is 0 Å². The molecule has 0 aromatic heterocycles. The summed E-state index contributed by atoms with van der Waals surface area (Å²) in [6, 6.07) is 20.6. The van der Waals surface area contributed by atoms with Gasteiger partial charge in [0.2, 0.25) is 0 Å². The van der Waals surface area contributed by atoms with Crippen LogP contribution in [-0.4, -0.2) is 23.3 Å². The number of carbonyl (C=O) groups excluding carboxylic acids is 2. The van der Waals surface area contributed by atoms with E-state index in [1.807, 2.05) is 30.3 Å². The maximum atomic E-state index is 13.8. The van der Waals surface area contributed by atoms with E-state index in [4.69, 9.17) is 4.74 Å². The summed E-state index contributed by atoms with van der Waals surface area (Å²) in [5.41, 5.74) is 2.22. The lowest BCUT2D eigenvalue weighted by Gasteiger charge is -2.20. The first-order valence-electron chi connectivity index (χ1n) is 9.23.